The molecule has 1 heterocycles. The van der Waals surface area contributed by atoms with Gasteiger partial charge in [-0.25, -0.2) is 8.78 Å². The molecule has 1 amide bonds. The summed E-state index contributed by atoms with van der Waals surface area (Å²) in [6.07, 6.45) is 1.53. The van der Waals surface area contributed by atoms with Gasteiger partial charge in [-0.1, -0.05) is 29.8 Å². The van der Waals surface area contributed by atoms with E-state index < -0.39 is 35.9 Å². The molecule has 2 aliphatic rings. The first-order chi connectivity index (χ1) is 18.3. The Hall–Kier alpha value is -2.14. The van der Waals surface area contributed by atoms with Gasteiger partial charge < -0.3 is 29.9 Å². The summed E-state index contributed by atoms with van der Waals surface area (Å²) < 4.78 is 39.6. The first-order valence-corrected chi connectivity index (χ1v) is 13.3. The maximum absolute atomic E-state index is 14.4. The second-order valence-corrected chi connectivity index (χ2v) is 10.4. The molecule has 0 bridgehead atoms. The van der Waals surface area contributed by atoms with Gasteiger partial charge in [0.25, 0.3) is 0 Å². The predicted octanol–water partition coefficient (Wildman–Crippen LogP) is 3.17. The minimum Gasteiger partial charge on any atom is -0.394 e. The Labute approximate surface area is 226 Å². The number of carbonyl (C=O) groups excluding carboxylic acids is 1. The van der Waals surface area contributed by atoms with Crippen LogP contribution in [0.25, 0.3) is 0 Å². The monoisotopic (exact) mass is 552 g/mol. The molecular formula is C28H35ClF2N2O5. The molecule has 7 nitrogen and oxygen atoms in total. The smallest absolute Gasteiger partial charge is 0.230 e. The van der Waals surface area contributed by atoms with Crippen LogP contribution in [0.4, 0.5) is 8.78 Å². The van der Waals surface area contributed by atoms with Crippen molar-refractivity contribution in [1.29, 1.82) is 0 Å². The highest BCUT2D eigenvalue weighted by Crippen LogP contribution is 2.43. The van der Waals surface area contributed by atoms with E-state index in [1.807, 2.05) is 18.2 Å². The molecule has 1 aliphatic carbocycles. The number of benzene rings is 2. The third-order valence-corrected chi connectivity index (χ3v) is 7.72. The van der Waals surface area contributed by atoms with E-state index in [0.29, 0.717) is 43.1 Å². The maximum Gasteiger partial charge on any atom is 0.230 e. The molecule has 1 saturated heterocycles. The molecule has 38 heavy (non-hydrogen) atoms. The molecule has 1 aliphatic heterocycles. The second kappa shape index (κ2) is 12.8. The lowest BCUT2D eigenvalue weighted by molar-refractivity contribution is -0.167. The number of nitrogens with one attached hydrogen (secondary N) is 1. The minimum absolute atomic E-state index is 0.0359. The Morgan fingerprint density at radius 2 is 2.03 bits per heavy atom. The standard InChI is InChI=1S/C28H35ClF2N2O5/c1-37-11-8-18-2-6-24(29)19(12-18)15-33(21-4-5-21)27(36)23-14-32-10-9-28(23,38-17-22(35)16-34)20-3-7-25(30)26(31)13-20/h2-3,6-7,12-13,21-23,32,34-35H,4-5,8-11,14-17H2,1H3/t22?,23-,28+/m1/s1. The molecule has 1 unspecified atom stereocenters. The topological polar surface area (TPSA) is 91.3 Å². The second-order valence-electron chi connectivity index (χ2n) is 10.0. The van der Waals surface area contributed by atoms with Crippen LogP contribution in [0.2, 0.25) is 5.02 Å². The highest BCUT2D eigenvalue weighted by Gasteiger charge is 2.50. The third-order valence-electron chi connectivity index (χ3n) is 7.35. The number of rotatable bonds is 12. The van der Waals surface area contributed by atoms with Crippen molar-refractivity contribution < 1.29 is 33.3 Å². The lowest BCUT2D eigenvalue weighted by Crippen LogP contribution is -2.57. The average Bonchev–Trinajstić information content (AvgIpc) is 3.77. The zero-order valence-corrected chi connectivity index (χ0v) is 22.2. The third kappa shape index (κ3) is 6.52. The van der Waals surface area contributed by atoms with E-state index in [1.54, 1.807) is 12.0 Å². The number of nitrogens with zero attached hydrogens (tertiary/aromatic N) is 1. The molecule has 2 fully saturated rings. The highest BCUT2D eigenvalue weighted by atomic mass is 35.5. The number of carbonyl (C=O) groups is 1. The molecule has 2 aromatic rings. The number of piperidine rings is 1. The van der Waals surface area contributed by atoms with E-state index in [4.69, 9.17) is 21.1 Å². The summed E-state index contributed by atoms with van der Waals surface area (Å²) in [4.78, 5) is 16.1. The maximum atomic E-state index is 14.4. The predicted molar refractivity (Wildman–Crippen MR) is 139 cm³/mol. The molecule has 0 spiro atoms. The number of hydrogen-bond donors (Lipinski definition) is 3. The van der Waals surface area contributed by atoms with Gasteiger partial charge in [0.2, 0.25) is 5.91 Å². The van der Waals surface area contributed by atoms with E-state index in [9.17, 15) is 23.8 Å². The van der Waals surface area contributed by atoms with E-state index in [1.165, 1.54) is 6.07 Å². The quantitative estimate of drug-likeness (QED) is 0.375. The van der Waals surface area contributed by atoms with E-state index >= 15 is 0 Å². The normalized spacial score (nSPS) is 22.3. The van der Waals surface area contributed by atoms with Crippen LogP contribution in [-0.2, 0) is 32.8 Å². The van der Waals surface area contributed by atoms with Crippen molar-refractivity contribution >= 4 is 17.5 Å². The Bertz CT molecular complexity index is 1120. The molecule has 0 aromatic heterocycles. The first kappa shape index (κ1) is 28.9. The zero-order chi connectivity index (χ0) is 27.3. The molecule has 3 atom stereocenters. The first-order valence-electron chi connectivity index (χ1n) is 12.9. The molecule has 208 valence electrons. The number of halogens is 3. The van der Waals surface area contributed by atoms with Gasteiger partial charge in [0.15, 0.2) is 11.6 Å². The van der Waals surface area contributed by atoms with Crippen LogP contribution in [0.15, 0.2) is 36.4 Å². The summed E-state index contributed by atoms with van der Waals surface area (Å²) in [7, 11) is 1.64. The summed E-state index contributed by atoms with van der Waals surface area (Å²) in [5.41, 5.74) is 0.854. The molecule has 2 aromatic carbocycles. The van der Waals surface area contributed by atoms with Crippen LogP contribution in [-0.4, -0.2) is 73.2 Å². The lowest BCUT2D eigenvalue weighted by atomic mass is 9.75. The SMILES string of the molecule is COCCc1ccc(Cl)c(CN(C(=O)[C@H]2CNCC[C@]2(OCC(O)CO)c2ccc(F)c(F)c2)C2CC2)c1. The zero-order valence-electron chi connectivity index (χ0n) is 21.5. The van der Waals surface area contributed by atoms with Crippen molar-refractivity contribution in [1.82, 2.24) is 10.2 Å². The van der Waals surface area contributed by atoms with Crippen molar-refractivity contribution in [3.63, 3.8) is 0 Å². The number of amides is 1. The van der Waals surface area contributed by atoms with Gasteiger partial charge in [-0.15, -0.1) is 0 Å². The van der Waals surface area contributed by atoms with Gasteiger partial charge in [-0.05, 0) is 67.1 Å². The van der Waals surface area contributed by atoms with Crippen LogP contribution in [0.1, 0.15) is 36.0 Å². The molecule has 1 saturated carbocycles. The lowest BCUT2D eigenvalue weighted by Gasteiger charge is -2.45. The Kier molecular flexibility index (Phi) is 9.73. The van der Waals surface area contributed by atoms with Crippen LogP contribution in [0.3, 0.4) is 0 Å². The van der Waals surface area contributed by atoms with Crippen LogP contribution >= 0.6 is 11.6 Å². The number of hydrogen-bond acceptors (Lipinski definition) is 6. The Balaban J connectivity index is 1.68. The summed E-state index contributed by atoms with van der Waals surface area (Å²) in [6.45, 7) is 0.778. The number of aliphatic hydroxyl groups excluding tert-OH is 2. The fraction of sp³-hybridized carbons (Fsp3) is 0.536. The van der Waals surface area contributed by atoms with E-state index in [2.05, 4.69) is 5.32 Å². The molecule has 3 N–H and O–H groups in total. The van der Waals surface area contributed by atoms with Crippen molar-refractivity contribution in [2.24, 2.45) is 5.92 Å². The van der Waals surface area contributed by atoms with E-state index in [-0.39, 0.29) is 25.1 Å². The van der Waals surface area contributed by atoms with Crippen LogP contribution in [0.5, 0.6) is 0 Å². The summed E-state index contributed by atoms with van der Waals surface area (Å²) >= 11 is 6.54. The van der Waals surface area contributed by atoms with E-state index in [0.717, 1.165) is 36.1 Å². The molecule has 10 heteroatoms. The van der Waals surface area contributed by atoms with Gasteiger partial charge in [0.1, 0.15) is 11.7 Å². The summed E-state index contributed by atoms with van der Waals surface area (Å²) in [5.74, 6) is -3.03. The van der Waals surface area contributed by atoms with Crippen molar-refractivity contribution in [3.8, 4) is 0 Å². The number of methoxy groups -OCH3 is 1. The van der Waals surface area contributed by atoms with Crippen molar-refractivity contribution in [2.75, 3.05) is 40.0 Å². The van der Waals surface area contributed by atoms with Crippen LogP contribution in [0, 0.1) is 17.6 Å². The largest absolute Gasteiger partial charge is 0.394 e. The van der Waals surface area contributed by atoms with Crippen molar-refractivity contribution in [2.45, 2.75) is 50.0 Å². The highest BCUT2D eigenvalue weighted by molar-refractivity contribution is 6.31. The number of ether oxygens (including phenoxy) is 2. The molecule has 0 radical (unpaired) electrons. The molecular weight excluding hydrogens is 518 g/mol. The van der Waals surface area contributed by atoms with Crippen molar-refractivity contribution in [3.05, 3.63) is 69.7 Å². The Morgan fingerprint density at radius 1 is 1.24 bits per heavy atom. The fourth-order valence-electron chi connectivity index (χ4n) is 5.09. The molecule has 4 rings (SSSR count). The summed E-state index contributed by atoms with van der Waals surface area (Å²) in [6, 6.07) is 9.29. The summed E-state index contributed by atoms with van der Waals surface area (Å²) in [5, 5.41) is 23.2. The van der Waals surface area contributed by atoms with Gasteiger partial charge in [-0.2, -0.15) is 0 Å². The Morgan fingerprint density at radius 3 is 2.71 bits per heavy atom. The van der Waals surface area contributed by atoms with Gasteiger partial charge >= 0.3 is 0 Å². The fourth-order valence-corrected chi connectivity index (χ4v) is 5.26. The van der Waals surface area contributed by atoms with Gasteiger partial charge in [-0.3, -0.25) is 4.79 Å². The number of aliphatic hydroxyl groups is 2. The van der Waals surface area contributed by atoms with Gasteiger partial charge in [0.05, 0.1) is 25.7 Å². The minimum atomic E-state index is -1.33. The van der Waals surface area contributed by atoms with Gasteiger partial charge in [0, 0.05) is 31.3 Å². The van der Waals surface area contributed by atoms with Crippen LogP contribution < -0.4 is 5.32 Å². The average molecular weight is 553 g/mol.